The fourth-order valence-electron chi connectivity index (χ4n) is 3.17. The third-order valence-electron chi connectivity index (χ3n) is 4.34. The van der Waals surface area contributed by atoms with Crippen LogP contribution < -0.4 is 10.1 Å². The Bertz CT molecular complexity index is 436. The summed E-state index contributed by atoms with van der Waals surface area (Å²) in [5.74, 6) is 2.55. The maximum Gasteiger partial charge on any atom is 0.222 e. The van der Waals surface area contributed by atoms with Crippen molar-refractivity contribution in [3.63, 3.8) is 0 Å². The highest BCUT2D eigenvalue weighted by Crippen LogP contribution is 2.31. The van der Waals surface area contributed by atoms with E-state index in [1.54, 1.807) is 6.33 Å². The van der Waals surface area contributed by atoms with E-state index in [-0.39, 0.29) is 0 Å². The third-order valence-corrected chi connectivity index (χ3v) is 4.34. The SMILES string of the molecule is CCCc1c(NCC)ncnc1OC1CCCC(CC)C1. The van der Waals surface area contributed by atoms with Crippen molar-refractivity contribution in [3.8, 4) is 5.88 Å². The van der Waals surface area contributed by atoms with Crippen LogP contribution in [0, 0.1) is 5.92 Å². The van der Waals surface area contributed by atoms with Gasteiger partial charge in [0.1, 0.15) is 18.2 Å². The van der Waals surface area contributed by atoms with Gasteiger partial charge < -0.3 is 10.1 Å². The van der Waals surface area contributed by atoms with Gasteiger partial charge in [0.2, 0.25) is 5.88 Å². The zero-order chi connectivity index (χ0) is 15.1. The first-order chi connectivity index (χ1) is 10.3. The van der Waals surface area contributed by atoms with Crippen molar-refractivity contribution in [1.82, 2.24) is 9.97 Å². The topological polar surface area (TPSA) is 47.0 Å². The van der Waals surface area contributed by atoms with Gasteiger partial charge in [-0.25, -0.2) is 9.97 Å². The van der Waals surface area contributed by atoms with E-state index < -0.39 is 0 Å². The van der Waals surface area contributed by atoms with E-state index in [4.69, 9.17) is 4.74 Å². The van der Waals surface area contributed by atoms with Crippen LogP contribution in [0.25, 0.3) is 0 Å². The highest BCUT2D eigenvalue weighted by Gasteiger charge is 2.24. The molecule has 1 aromatic heterocycles. The lowest BCUT2D eigenvalue weighted by Gasteiger charge is -2.29. The predicted octanol–water partition coefficient (Wildman–Crippen LogP) is 4.21. The van der Waals surface area contributed by atoms with Gasteiger partial charge >= 0.3 is 0 Å². The molecule has 1 N–H and O–H groups in total. The molecule has 0 saturated heterocycles. The molecule has 4 nitrogen and oxygen atoms in total. The Balaban J connectivity index is 2.12. The number of hydrogen-bond donors (Lipinski definition) is 1. The molecule has 0 spiro atoms. The van der Waals surface area contributed by atoms with E-state index in [0.29, 0.717) is 6.10 Å². The lowest BCUT2D eigenvalue weighted by Crippen LogP contribution is -2.26. The molecule has 118 valence electrons. The lowest BCUT2D eigenvalue weighted by molar-refractivity contribution is 0.116. The second-order valence-corrected chi connectivity index (χ2v) is 5.97. The molecule has 2 unspecified atom stereocenters. The molecule has 0 aliphatic heterocycles. The number of aromatic nitrogens is 2. The molecule has 2 rings (SSSR count). The Morgan fingerprint density at radius 1 is 1.24 bits per heavy atom. The number of nitrogens with zero attached hydrogens (tertiary/aromatic N) is 2. The van der Waals surface area contributed by atoms with Crippen molar-refractivity contribution in [3.05, 3.63) is 11.9 Å². The summed E-state index contributed by atoms with van der Waals surface area (Å²) in [5, 5.41) is 3.33. The normalized spacial score (nSPS) is 22.0. The lowest BCUT2D eigenvalue weighted by atomic mass is 9.85. The smallest absolute Gasteiger partial charge is 0.222 e. The van der Waals surface area contributed by atoms with E-state index in [1.807, 2.05) is 0 Å². The number of rotatable bonds is 7. The first-order valence-corrected chi connectivity index (χ1v) is 8.52. The molecule has 21 heavy (non-hydrogen) atoms. The average Bonchev–Trinajstić information content (AvgIpc) is 2.51. The van der Waals surface area contributed by atoms with Crippen molar-refractivity contribution in [1.29, 1.82) is 0 Å². The Labute approximate surface area is 128 Å². The fourth-order valence-corrected chi connectivity index (χ4v) is 3.17. The summed E-state index contributed by atoms with van der Waals surface area (Å²) >= 11 is 0. The Kier molecular flexibility index (Phi) is 6.27. The van der Waals surface area contributed by atoms with Crippen LogP contribution in [0.3, 0.4) is 0 Å². The van der Waals surface area contributed by atoms with Crippen LogP contribution in [0.5, 0.6) is 5.88 Å². The highest BCUT2D eigenvalue weighted by atomic mass is 16.5. The van der Waals surface area contributed by atoms with Crippen LogP contribution in [0.2, 0.25) is 0 Å². The number of nitrogens with one attached hydrogen (secondary N) is 1. The van der Waals surface area contributed by atoms with Gasteiger partial charge in [-0.15, -0.1) is 0 Å². The summed E-state index contributed by atoms with van der Waals surface area (Å²) < 4.78 is 6.27. The fraction of sp³-hybridized carbons (Fsp3) is 0.765. The third kappa shape index (κ3) is 4.32. The summed E-state index contributed by atoms with van der Waals surface area (Å²) in [6, 6.07) is 0. The van der Waals surface area contributed by atoms with Crippen molar-refractivity contribution in [2.45, 2.75) is 71.8 Å². The van der Waals surface area contributed by atoms with E-state index in [0.717, 1.165) is 49.0 Å². The Hall–Kier alpha value is -1.32. The van der Waals surface area contributed by atoms with Gasteiger partial charge in [-0.1, -0.05) is 33.1 Å². The monoisotopic (exact) mass is 291 g/mol. The van der Waals surface area contributed by atoms with Crippen molar-refractivity contribution >= 4 is 5.82 Å². The molecule has 1 heterocycles. The standard InChI is InChI=1S/C17H29N3O/c1-4-8-15-16(18-6-3)19-12-20-17(15)21-14-10-7-9-13(5-2)11-14/h12-14H,4-11H2,1-3H3,(H,18,19,20). The maximum absolute atomic E-state index is 6.27. The van der Waals surface area contributed by atoms with E-state index in [2.05, 4.69) is 36.1 Å². The van der Waals surface area contributed by atoms with Crippen molar-refractivity contribution in [2.75, 3.05) is 11.9 Å². The molecule has 0 aromatic carbocycles. The average molecular weight is 291 g/mol. The molecule has 0 amide bonds. The Morgan fingerprint density at radius 3 is 2.81 bits per heavy atom. The molecule has 1 aromatic rings. The van der Waals surface area contributed by atoms with E-state index >= 15 is 0 Å². The summed E-state index contributed by atoms with van der Waals surface area (Å²) in [4.78, 5) is 8.78. The van der Waals surface area contributed by atoms with Crippen LogP contribution in [-0.2, 0) is 6.42 Å². The zero-order valence-electron chi connectivity index (χ0n) is 13.7. The molecule has 0 bridgehead atoms. The molecule has 2 atom stereocenters. The molecule has 1 saturated carbocycles. The largest absolute Gasteiger partial charge is 0.474 e. The van der Waals surface area contributed by atoms with Gasteiger partial charge in [-0.3, -0.25) is 0 Å². The number of hydrogen-bond acceptors (Lipinski definition) is 4. The minimum atomic E-state index is 0.323. The first-order valence-electron chi connectivity index (χ1n) is 8.52. The first kappa shape index (κ1) is 16.1. The van der Waals surface area contributed by atoms with Crippen molar-refractivity contribution < 1.29 is 4.74 Å². The van der Waals surface area contributed by atoms with Gasteiger partial charge in [-0.05, 0) is 38.5 Å². The Morgan fingerprint density at radius 2 is 2.10 bits per heavy atom. The number of anilines is 1. The van der Waals surface area contributed by atoms with Crippen LogP contribution in [0.1, 0.15) is 64.9 Å². The van der Waals surface area contributed by atoms with Gasteiger partial charge in [0.15, 0.2) is 0 Å². The minimum Gasteiger partial charge on any atom is -0.474 e. The molecule has 0 radical (unpaired) electrons. The highest BCUT2D eigenvalue weighted by molar-refractivity contribution is 5.48. The summed E-state index contributed by atoms with van der Waals surface area (Å²) in [6.45, 7) is 7.42. The summed E-state index contributed by atoms with van der Waals surface area (Å²) in [5.41, 5.74) is 1.14. The van der Waals surface area contributed by atoms with Crippen molar-refractivity contribution in [2.24, 2.45) is 5.92 Å². The van der Waals surface area contributed by atoms with E-state index in [9.17, 15) is 0 Å². The summed E-state index contributed by atoms with van der Waals surface area (Å²) in [6.07, 6.45) is 10.2. The van der Waals surface area contributed by atoms with Gasteiger partial charge in [0.25, 0.3) is 0 Å². The quantitative estimate of drug-likeness (QED) is 0.817. The van der Waals surface area contributed by atoms with Gasteiger partial charge in [0, 0.05) is 6.54 Å². The van der Waals surface area contributed by atoms with Crippen LogP contribution >= 0.6 is 0 Å². The maximum atomic E-state index is 6.27. The number of ether oxygens (including phenoxy) is 1. The van der Waals surface area contributed by atoms with Gasteiger partial charge in [-0.2, -0.15) is 0 Å². The van der Waals surface area contributed by atoms with Gasteiger partial charge in [0.05, 0.1) is 5.56 Å². The molecular weight excluding hydrogens is 262 g/mol. The van der Waals surface area contributed by atoms with E-state index in [1.165, 1.54) is 25.7 Å². The zero-order valence-corrected chi connectivity index (χ0v) is 13.7. The van der Waals surface area contributed by atoms with Crippen LogP contribution in [0.15, 0.2) is 6.33 Å². The second kappa shape index (κ2) is 8.20. The molecular formula is C17H29N3O. The predicted molar refractivity (Wildman–Crippen MR) is 86.9 cm³/mol. The van der Waals surface area contributed by atoms with Crippen LogP contribution in [0.4, 0.5) is 5.82 Å². The molecule has 1 aliphatic rings. The minimum absolute atomic E-state index is 0.323. The molecule has 4 heteroatoms. The molecule has 1 aliphatic carbocycles. The van der Waals surface area contributed by atoms with Crippen LogP contribution in [-0.4, -0.2) is 22.6 Å². The molecule has 1 fully saturated rings. The second-order valence-electron chi connectivity index (χ2n) is 5.97. The summed E-state index contributed by atoms with van der Waals surface area (Å²) in [7, 11) is 0.